The molecule has 5 nitrogen and oxygen atoms in total. The Morgan fingerprint density at radius 2 is 1.50 bits per heavy atom. The van der Waals surface area contributed by atoms with Crippen LogP contribution in [0.2, 0.25) is 0 Å². The van der Waals surface area contributed by atoms with Gasteiger partial charge in [0, 0.05) is 0 Å². The number of hydrogen-bond acceptors (Lipinski definition) is 5. The van der Waals surface area contributed by atoms with Gasteiger partial charge in [0.2, 0.25) is 0 Å². The molecule has 0 aliphatic carbocycles. The topological polar surface area (TPSA) is 60.3 Å². The summed E-state index contributed by atoms with van der Waals surface area (Å²) in [7, 11) is 1.62. The van der Waals surface area contributed by atoms with E-state index in [9.17, 15) is 4.79 Å². The van der Waals surface area contributed by atoms with Crippen LogP contribution >= 0.6 is 0 Å². The molecule has 0 saturated heterocycles. The van der Waals surface area contributed by atoms with Gasteiger partial charge in [0.15, 0.2) is 0 Å². The summed E-state index contributed by atoms with van der Waals surface area (Å²) in [6.45, 7) is 0.691. The van der Waals surface area contributed by atoms with E-state index in [1.54, 1.807) is 7.11 Å². The average Bonchev–Trinajstić information content (AvgIpc) is 2.52. The lowest BCUT2D eigenvalue weighted by molar-refractivity contribution is -0.129. The zero-order valence-electron chi connectivity index (χ0n) is 11.0. The second kappa shape index (κ2) is 7.04. The molecule has 0 N–H and O–H groups in total. The summed E-state index contributed by atoms with van der Waals surface area (Å²) in [4.78, 5) is 10.1. The molecule has 0 aromatic heterocycles. The van der Waals surface area contributed by atoms with Crippen LogP contribution in [0.5, 0.6) is 5.75 Å². The fraction of sp³-hybridized carbons (Fsp3) is 0.133. The lowest BCUT2D eigenvalue weighted by Gasteiger charge is -2.00. The maximum Gasteiger partial charge on any atom is 0.293 e. The summed E-state index contributed by atoms with van der Waals surface area (Å²) in [5, 5.41) is 8.25. The molecule has 0 atom stereocenters. The Morgan fingerprint density at radius 3 is 2.00 bits per heavy atom. The van der Waals surface area contributed by atoms with Crippen molar-refractivity contribution in [3.63, 3.8) is 0 Å². The van der Waals surface area contributed by atoms with Gasteiger partial charge >= 0.3 is 0 Å². The molecule has 2 rings (SSSR count). The normalized spacial score (nSPS) is 10.4. The van der Waals surface area contributed by atoms with Gasteiger partial charge in [0.25, 0.3) is 6.47 Å². The third kappa shape index (κ3) is 3.91. The zero-order valence-corrected chi connectivity index (χ0v) is 11.0. The predicted octanol–water partition coefficient (Wildman–Crippen LogP) is 3.78. The number of methoxy groups -OCH3 is 1. The van der Waals surface area contributed by atoms with Gasteiger partial charge in [-0.05, 0) is 42.0 Å². The highest BCUT2D eigenvalue weighted by Crippen LogP contribution is 2.21. The van der Waals surface area contributed by atoms with E-state index in [-0.39, 0.29) is 6.61 Å². The van der Waals surface area contributed by atoms with Gasteiger partial charge < -0.3 is 9.47 Å². The summed E-state index contributed by atoms with van der Waals surface area (Å²) in [6, 6.07) is 14.6. The quantitative estimate of drug-likeness (QED) is 0.592. The van der Waals surface area contributed by atoms with Crippen molar-refractivity contribution in [2.24, 2.45) is 10.2 Å². The van der Waals surface area contributed by atoms with E-state index in [0.29, 0.717) is 6.47 Å². The van der Waals surface area contributed by atoms with Gasteiger partial charge in [0.05, 0.1) is 18.5 Å². The molecule has 5 heteroatoms. The van der Waals surface area contributed by atoms with Crippen LogP contribution in [0.3, 0.4) is 0 Å². The smallest absolute Gasteiger partial charge is 0.293 e. The Morgan fingerprint density at radius 1 is 0.950 bits per heavy atom. The van der Waals surface area contributed by atoms with Gasteiger partial charge in [-0.1, -0.05) is 12.1 Å². The first-order valence-corrected chi connectivity index (χ1v) is 6.02. The van der Waals surface area contributed by atoms with Crippen LogP contribution in [0.1, 0.15) is 5.56 Å². The first-order valence-electron chi connectivity index (χ1n) is 6.02. The molecule has 2 aromatic carbocycles. The third-order valence-corrected chi connectivity index (χ3v) is 2.61. The van der Waals surface area contributed by atoms with Crippen molar-refractivity contribution in [2.75, 3.05) is 7.11 Å². The summed E-state index contributed by atoms with van der Waals surface area (Å²) >= 11 is 0. The van der Waals surface area contributed by atoms with E-state index in [2.05, 4.69) is 15.0 Å². The maximum atomic E-state index is 10.1. The van der Waals surface area contributed by atoms with E-state index in [4.69, 9.17) is 4.74 Å². The Hall–Kier alpha value is -2.69. The molecule has 0 fully saturated rings. The second-order valence-corrected chi connectivity index (χ2v) is 3.97. The van der Waals surface area contributed by atoms with Crippen molar-refractivity contribution in [3.05, 3.63) is 54.1 Å². The van der Waals surface area contributed by atoms with Gasteiger partial charge in [-0.25, -0.2) is 0 Å². The monoisotopic (exact) mass is 270 g/mol. The van der Waals surface area contributed by atoms with E-state index >= 15 is 0 Å². The van der Waals surface area contributed by atoms with Crippen LogP contribution < -0.4 is 4.74 Å². The Bertz CT molecular complexity index is 577. The first-order chi connectivity index (χ1) is 9.81. The van der Waals surface area contributed by atoms with Crippen molar-refractivity contribution in [2.45, 2.75) is 6.61 Å². The van der Waals surface area contributed by atoms with E-state index in [0.717, 1.165) is 22.7 Å². The van der Waals surface area contributed by atoms with Crippen LogP contribution in [0.4, 0.5) is 11.4 Å². The van der Waals surface area contributed by atoms with Gasteiger partial charge in [-0.3, -0.25) is 4.79 Å². The molecule has 0 heterocycles. The lowest BCUT2D eigenvalue weighted by atomic mass is 10.2. The highest BCUT2D eigenvalue weighted by molar-refractivity contribution is 5.43. The van der Waals surface area contributed by atoms with Crippen molar-refractivity contribution in [1.82, 2.24) is 0 Å². The number of ether oxygens (including phenoxy) is 2. The second-order valence-electron chi connectivity index (χ2n) is 3.97. The van der Waals surface area contributed by atoms with Crippen molar-refractivity contribution in [1.29, 1.82) is 0 Å². The zero-order chi connectivity index (χ0) is 14.2. The molecule has 0 radical (unpaired) electrons. The summed E-state index contributed by atoms with van der Waals surface area (Å²) < 4.78 is 9.73. The molecule has 0 spiro atoms. The molecule has 0 aliphatic heterocycles. The van der Waals surface area contributed by atoms with Crippen LogP contribution in [-0.2, 0) is 16.1 Å². The fourth-order valence-electron chi connectivity index (χ4n) is 1.55. The van der Waals surface area contributed by atoms with Gasteiger partial charge in [-0.15, -0.1) is 0 Å². The first kappa shape index (κ1) is 13.7. The summed E-state index contributed by atoms with van der Waals surface area (Å²) in [5.41, 5.74) is 2.38. The molecule has 0 unspecified atom stereocenters. The maximum absolute atomic E-state index is 10.1. The lowest BCUT2D eigenvalue weighted by Crippen LogP contribution is -1.88. The SMILES string of the molecule is COc1ccc(N=Nc2ccc(COC=O)cc2)cc1. The van der Waals surface area contributed by atoms with E-state index < -0.39 is 0 Å². The number of nitrogens with zero attached hydrogens (tertiary/aromatic N) is 2. The minimum Gasteiger partial charge on any atom is -0.497 e. The number of carbonyl (C=O) groups is 1. The number of hydrogen-bond donors (Lipinski definition) is 0. The van der Waals surface area contributed by atoms with Crippen LogP contribution in [0, 0.1) is 0 Å². The average molecular weight is 270 g/mol. The van der Waals surface area contributed by atoms with Gasteiger partial charge in [0.1, 0.15) is 12.4 Å². The number of carbonyl (C=O) groups excluding carboxylic acids is 1. The van der Waals surface area contributed by atoms with E-state index in [1.165, 1.54) is 0 Å². The highest BCUT2D eigenvalue weighted by Gasteiger charge is 1.95. The van der Waals surface area contributed by atoms with Crippen molar-refractivity contribution < 1.29 is 14.3 Å². The van der Waals surface area contributed by atoms with Crippen LogP contribution in [-0.4, -0.2) is 13.6 Å². The Balaban J connectivity index is 2.01. The summed E-state index contributed by atoms with van der Waals surface area (Å²) in [6.07, 6.45) is 0. The molecule has 0 saturated carbocycles. The Labute approximate surface area is 116 Å². The predicted molar refractivity (Wildman–Crippen MR) is 74.5 cm³/mol. The van der Waals surface area contributed by atoms with Crippen molar-refractivity contribution >= 4 is 17.8 Å². The number of azo groups is 1. The number of rotatable bonds is 6. The van der Waals surface area contributed by atoms with Crippen LogP contribution in [0.15, 0.2) is 58.8 Å². The minimum absolute atomic E-state index is 0.263. The fourth-order valence-corrected chi connectivity index (χ4v) is 1.55. The molecule has 2 aromatic rings. The van der Waals surface area contributed by atoms with Gasteiger partial charge in [-0.2, -0.15) is 10.2 Å². The minimum atomic E-state index is 0.263. The van der Waals surface area contributed by atoms with E-state index in [1.807, 2.05) is 48.5 Å². The molecule has 0 amide bonds. The molecule has 102 valence electrons. The third-order valence-electron chi connectivity index (χ3n) is 2.61. The molecule has 0 bridgehead atoms. The molecule has 0 aliphatic rings. The number of benzene rings is 2. The largest absolute Gasteiger partial charge is 0.497 e. The standard InChI is InChI=1S/C15H14N2O3/c1-19-15-8-6-14(7-9-15)17-16-13-4-2-12(3-5-13)10-20-11-18/h2-9,11H,10H2,1H3. The molecular formula is C15H14N2O3. The van der Waals surface area contributed by atoms with Crippen molar-refractivity contribution in [3.8, 4) is 5.75 Å². The highest BCUT2D eigenvalue weighted by atomic mass is 16.5. The molecule has 20 heavy (non-hydrogen) atoms. The van der Waals surface area contributed by atoms with Crippen LogP contribution in [0.25, 0.3) is 0 Å². The Kier molecular flexibility index (Phi) is 4.83. The molecular weight excluding hydrogens is 256 g/mol. The summed E-state index contributed by atoms with van der Waals surface area (Å²) in [5.74, 6) is 0.781.